The molecule has 0 aliphatic carbocycles. The lowest BCUT2D eigenvalue weighted by atomic mass is 10.1. The predicted octanol–water partition coefficient (Wildman–Crippen LogP) is 4.53. The lowest BCUT2D eigenvalue weighted by molar-refractivity contribution is 0.102. The second kappa shape index (κ2) is 7.58. The molecule has 0 saturated carbocycles. The fourth-order valence-corrected chi connectivity index (χ4v) is 4.44. The van der Waals surface area contributed by atoms with E-state index in [1.165, 1.54) is 11.3 Å². The fourth-order valence-electron chi connectivity index (χ4n) is 3.16. The van der Waals surface area contributed by atoms with Crippen molar-refractivity contribution in [2.75, 3.05) is 16.3 Å². The van der Waals surface area contributed by atoms with E-state index < -0.39 is 10.0 Å². The number of sulfonamides is 1. The average molecular weight is 441 g/mol. The van der Waals surface area contributed by atoms with Gasteiger partial charge in [-0.05, 0) is 49.7 Å². The Labute approximate surface area is 178 Å². The highest BCUT2D eigenvalue weighted by Crippen LogP contribution is 2.27. The fraction of sp³-hybridized carbons (Fsp3) is 0.143. The number of nitrogens with zero attached hydrogens (tertiary/aromatic N) is 1. The zero-order valence-electron chi connectivity index (χ0n) is 16.6. The van der Waals surface area contributed by atoms with E-state index in [2.05, 4.69) is 20.0 Å². The molecule has 0 aliphatic heterocycles. The van der Waals surface area contributed by atoms with Crippen molar-refractivity contribution < 1.29 is 13.2 Å². The van der Waals surface area contributed by atoms with Gasteiger partial charge in [0.2, 0.25) is 10.0 Å². The summed E-state index contributed by atoms with van der Waals surface area (Å²) in [7, 11) is -3.32. The van der Waals surface area contributed by atoms with Gasteiger partial charge in [-0.25, -0.2) is 13.4 Å². The summed E-state index contributed by atoms with van der Waals surface area (Å²) < 4.78 is 25.0. The molecule has 9 heteroatoms. The highest BCUT2D eigenvalue weighted by atomic mass is 32.2. The molecule has 1 amide bonds. The maximum atomic E-state index is 12.7. The third-order valence-electron chi connectivity index (χ3n) is 4.78. The molecular formula is C21H20N4O3S2. The molecule has 2 aromatic carbocycles. The number of amides is 1. The van der Waals surface area contributed by atoms with Crippen LogP contribution in [0.5, 0.6) is 0 Å². The van der Waals surface area contributed by atoms with Gasteiger partial charge in [0.05, 0.1) is 11.9 Å². The maximum absolute atomic E-state index is 12.7. The Kier molecular flexibility index (Phi) is 5.08. The molecule has 30 heavy (non-hydrogen) atoms. The first-order valence-electron chi connectivity index (χ1n) is 9.13. The summed E-state index contributed by atoms with van der Waals surface area (Å²) in [6.07, 6.45) is 1.10. The quantitative estimate of drug-likeness (QED) is 0.424. The Bertz CT molecular complexity index is 1350. The lowest BCUT2D eigenvalue weighted by Gasteiger charge is -2.04. The first-order valence-corrected chi connectivity index (χ1v) is 11.9. The molecule has 3 N–H and O–H groups in total. The molecule has 0 unspecified atom stereocenters. The highest BCUT2D eigenvalue weighted by molar-refractivity contribution is 7.92. The van der Waals surface area contributed by atoms with Crippen LogP contribution in [0.4, 0.5) is 10.8 Å². The smallest absolute Gasteiger partial charge is 0.257 e. The van der Waals surface area contributed by atoms with Crippen LogP contribution < -0.4 is 10.0 Å². The van der Waals surface area contributed by atoms with E-state index in [-0.39, 0.29) is 5.91 Å². The summed E-state index contributed by atoms with van der Waals surface area (Å²) in [6, 6.07) is 12.5. The van der Waals surface area contributed by atoms with Gasteiger partial charge in [-0.3, -0.25) is 14.8 Å². The lowest BCUT2D eigenvalue weighted by Crippen LogP contribution is -2.11. The second-order valence-corrected chi connectivity index (χ2v) is 9.69. The highest BCUT2D eigenvalue weighted by Gasteiger charge is 2.13. The number of rotatable bonds is 5. The van der Waals surface area contributed by atoms with Crippen molar-refractivity contribution in [3.8, 4) is 11.3 Å². The summed E-state index contributed by atoms with van der Waals surface area (Å²) in [6.45, 7) is 4.04. The summed E-state index contributed by atoms with van der Waals surface area (Å²) in [5.74, 6) is -0.219. The average Bonchev–Trinajstić information content (AvgIpc) is 3.26. The third kappa shape index (κ3) is 4.22. The van der Waals surface area contributed by atoms with Gasteiger partial charge in [0.25, 0.3) is 5.91 Å². The second-order valence-electron chi connectivity index (χ2n) is 7.08. The first-order chi connectivity index (χ1) is 14.2. The topological polar surface area (TPSA) is 104 Å². The standard InChI is InChI=1S/C21H20N4O3S2/c1-12-13(2)22-18-9-6-15(10-17(12)18)20(26)24-21-23-19(11-29-21)14-4-7-16(8-5-14)25-30(3,27)28/h4-11,22,25H,1-3H3,(H,23,24,26). The van der Waals surface area contributed by atoms with E-state index in [0.29, 0.717) is 22.1 Å². The summed E-state index contributed by atoms with van der Waals surface area (Å²) >= 11 is 1.33. The van der Waals surface area contributed by atoms with Crippen LogP contribution in [0.25, 0.3) is 22.2 Å². The molecular weight excluding hydrogens is 420 g/mol. The van der Waals surface area contributed by atoms with Gasteiger partial charge in [0.1, 0.15) is 0 Å². The van der Waals surface area contributed by atoms with Crippen LogP contribution in [0.3, 0.4) is 0 Å². The van der Waals surface area contributed by atoms with E-state index >= 15 is 0 Å². The van der Waals surface area contributed by atoms with E-state index in [4.69, 9.17) is 0 Å². The summed E-state index contributed by atoms with van der Waals surface area (Å²) in [5, 5.41) is 6.22. The molecule has 4 rings (SSSR count). The van der Waals surface area contributed by atoms with Crippen LogP contribution in [-0.2, 0) is 10.0 Å². The van der Waals surface area contributed by atoms with Crippen LogP contribution in [0, 0.1) is 13.8 Å². The number of nitrogens with one attached hydrogen (secondary N) is 3. The van der Waals surface area contributed by atoms with Gasteiger partial charge in [-0.2, -0.15) is 0 Å². The first kappa shape index (κ1) is 20.1. The van der Waals surface area contributed by atoms with Crippen molar-refractivity contribution in [2.45, 2.75) is 13.8 Å². The van der Waals surface area contributed by atoms with Crippen molar-refractivity contribution in [3.05, 3.63) is 64.7 Å². The molecule has 0 fully saturated rings. The van der Waals surface area contributed by atoms with Gasteiger partial charge >= 0.3 is 0 Å². The minimum Gasteiger partial charge on any atom is -0.358 e. The summed E-state index contributed by atoms with van der Waals surface area (Å²) in [5.41, 5.74) is 5.80. The van der Waals surface area contributed by atoms with E-state index in [0.717, 1.165) is 34.0 Å². The van der Waals surface area contributed by atoms with Crippen molar-refractivity contribution in [1.82, 2.24) is 9.97 Å². The molecule has 0 saturated heterocycles. The molecule has 0 atom stereocenters. The Morgan fingerprint density at radius 2 is 1.83 bits per heavy atom. The molecule has 7 nitrogen and oxygen atoms in total. The monoisotopic (exact) mass is 440 g/mol. The zero-order chi connectivity index (χ0) is 21.5. The van der Waals surface area contributed by atoms with E-state index in [1.54, 1.807) is 30.3 Å². The van der Waals surface area contributed by atoms with Gasteiger partial charge in [0, 0.05) is 38.8 Å². The van der Waals surface area contributed by atoms with Crippen molar-refractivity contribution in [2.24, 2.45) is 0 Å². The number of aromatic nitrogens is 2. The number of H-pyrrole nitrogens is 1. The van der Waals surface area contributed by atoms with Crippen LogP contribution in [0.15, 0.2) is 47.8 Å². The minimum absolute atomic E-state index is 0.219. The normalized spacial score (nSPS) is 11.6. The van der Waals surface area contributed by atoms with Gasteiger partial charge in [-0.15, -0.1) is 11.3 Å². The van der Waals surface area contributed by atoms with E-state index in [9.17, 15) is 13.2 Å². The van der Waals surface area contributed by atoms with E-state index in [1.807, 2.05) is 31.4 Å². The maximum Gasteiger partial charge on any atom is 0.257 e. The van der Waals surface area contributed by atoms with Crippen LogP contribution in [0.1, 0.15) is 21.6 Å². The molecule has 0 radical (unpaired) electrons. The molecule has 154 valence electrons. The number of benzene rings is 2. The van der Waals surface area contributed by atoms with Crippen molar-refractivity contribution >= 4 is 49.0 Å². The van der Waals surface area contributed by atoms with Crippen molar-refractivity contribution in [3.63, 3.8) is 0 Å². The summed E-state index contributed by atoms with van der Waals surface area (Å²) in [4.78, 5) is 20.5. The molecule has 2 aromatic heterocycles. The molecule has 4 aromatic rings. The molecule has 0 aliphatic rings. The van der Waals surface area contributed by atoms with Gasteiger partial charge in [0.15, 0.2) is 5.13 Å². The van der Waals surface area contributed by atoms with Crippen LogP contribution in [0.2, 0.25) is 0 Å². The number of aromatic amines is 1. The number of anilines is 2. The Balaban J connectivity index is 1.50. The zero-order valence-corrected chi connectivity index (χ0v) is 18.2. The third-order valence-corrected chi connectivity index (χ3v) is 6.14. The Morgan fingerprint density at radius 1 is 1.10 bits per heavy atom. The number of thiazole rings is 1. The Morgan fingerprint density at radius 3 is 2.53 bits per heavy atom. The number of carbonyl (C=O) groups excluding carboxylic acids is 1. The minimum atomic E-state index is -3.32. The van der Waals surface area contributed by atoms with Crippen LogP contribution in [-0.4, -0.2) is 30.5 Å². The van der Waals surface area contributed by atoms with Crippen molar-refractivity contribution in [1.29, 1.82) is 0 Å². The molecule has 0 spiro atoms. The number of hydrogen-bond donors (Lipinski definition) is 3. The van der Waals surface area contributed by atoms with Crippen LogP contribution >= 0.6 is 11.3 Å². The SMILES string of the molecule is Cc1[nH]c2ccc(C(=O)Nc3nc(-c4ccc(NS(C)(=O)=O)cc4)cs3)cc2c1C. The van der Waals surface area contributed by atoms with Gasteiger partial charge < -0.3 is 4.98 Å². The van der Waals surface area contributed by atoms with Gasteiger partial charge in [-0.1, -0.05) is 12.1 Å². The Hall–Kier alpha value is -3.17. The largest absolute Gasteiger partial charge is 0.358 e. The number of hydrogen-bond acceptors (Lipinski definition) is 5. The number of aryl methyl sites for hydroxylation is 2. The molecule has 2 heterocycles. The number of carbonyl (C=O) groups is 1. The molecule has 0 bridgehead atoms. The number of fused-ring (bicyclic) bond motifs is 1. The predicted molar refractivity (Wildman–Crippen MR) is 122 cm³/mol.